The van der Waals surface area contributed by atoms with E-state index in [1.165, 1.54) is 30.5 Å². The summed E-state index contributed by atoms with van der Waals surface area (Å²) in [6.07, 6.45) is 0.173. The van der Waals surface area contributed by atoms with Crippen molar-refractivity contribution in [2.24, 2.45) is 5.73 Å². The van der Waals surface area contributed by atoms with Crippen molar-refractivity contribution in [1.29, 1.82) is 0 Å². The minimum absolute atomic E-state index is 0.00673. The summed E-state index contributed by atoms with van der Waals surface area (Å²) in [6, 6.07) is 11.5. The summed E-state index contributed by atoms with van der Waals surface area (Å²) in [5, 5.41) is 9.70. The van der Waals surface area contributed by atoms with Gasteiger partial charge in [-0.25, -0.2) is 22.8 Å². The van der Waals surface area contributed by atoms with Crippen molar-refractivity contribution in [3.05, 3.63) is 83.5 Å². The maximum absolute atomic E-state index is 15.2. The molecule has 1 aliphatic carbocycles. The molecule has 3 heterocycles. The molecule has 5 aromatic rings. The summed E-state index contributed by atoms with van der Waals surface area (Å²) in [7, 11) is -3.94. The van der Waals surface area contributed by atoms with Crippen LogP contribution in [0.1, 0.15) is 46.5 Å². The van der Waals surface area contributed by atoms with Crippen LogP contribution in [0.15, 0.2) is 64.0 Å². The lowest BCUT2D eigenvalue weighted by Gasteiger charge is -2.15. The first-order valence-electron chi connectivity index (χ1n) is 14.3. The lowest BCUT2D eigenvalue weighted by atomic mass is 9.97. The van der Waals surface area contributed by atoms with Gasteiger partial charge in [0.2, 0.25) is 0 Å². The zero-order valence-corrected chi connectivity index (χ0v) is 25.6. The number of benzene rings is 3. The molecular formula is C32H25F3N4O7S. The van der Waals surface area contributed by atoms with Crippen LogP contribution in [0, 0.1) is 12.7 Å². The van der Waals surface area contributed by atoms with E-state index in [2.05, 4.69) is 14.5 Å². The van der Waals surface area contributed by atoms with Crippen LogP contribution in [-0.4, -0.2) is 46.5 Å². The van der Waals surface area contributed by atoms with Crippen LogP contribution in [0.2, 0.25) is 0 Å². The Balaban J connectivity index is 1.47. The first-order chi connectivity index (χ1) is 22.2. The molecule has 15 heteroatoms. The molecule has 1 aliphatic heterocycles. The molecule has 1 saturated carbocycles. The number of aryl methyl sites for hydroxylation is 1. The van der Waals surface area contributed by atoms with Gasteiger partial charge in [0.05, 0.1) is 17.2 Å². The van der Waals surface area contributed by atoms with Crippen LogP contribution in [0.5, 0.6) is 11.5 Å². The first-order valence-corrected chi connectivity index (χ1v) is 16.2. The Bertz CT molecular complexity index is 2230. The van der Waals surface area contributed by atoms with Gasteiger partial charge >= 0.3 is 6.29 Å². The SMILES string of the molecule is Cc1nc(C(N)=O)cn1-c1ccc(-c2cc(F)c(CO)c(S(C)(=O)=O)c2)cc1-c1nc(C2CC2)oc1-c1ccc2c(c1)OC(F)(F)O2. The molecule has 242 valence electrons. The molecular weight excluding hydrogens is 641 g/mol. The van der Waals surface area contributed by atoms with Crippen molar-refractivity contribution >= 4 is 15.7 Å². The Morgan fingerprint density at radius 2 is 1.77 bits per heavy atom. The normalized spacial score (nSPS) is 15.3. The minimum Gasteiger partial charge on any atom is -0.440 e. The van der Waals surface area contributed by atoms with Crippen LogP contribution in [0.3, 0.4) is 0 Å². The topological polar surface area (TPSA) is 160 Å². The molecule has 0 atom stereocenters. The number of hydrogen-bond acceptors (Lipinski definition) is 9. The number of alkyl halides is 2. The number of nitrogens with zero attached hydrogens (tertiary/aromatic N) is 3. The standard InChI is InChI=1S/C32H25F3N4O7S/c1-15-37-23(30(36)41)13-39(15)24-7-5-17(19-10-22(33)21(14-40)27(12-19)47(2,42)43)9-20(24)28-29(44-31(38-28)16-3-4-16)18-6-8-25-26(11-18)46-32(34,35)45-25/h5-13,16,40H,3-4,14H2,1-2H3,(H2,36,41). The van der Waals surface area contributed by atoms with E-state index in [-0.39, 0.29) is 50.6 Å². The van der Waals surface area contributed by atoms with E-state index in [1.54, 1.807) is 29.7 Å². The van der Waals surface area contributed by atoms with Crippen molar-refractivity contribution < 1.29 is 45.4 Å². The van der Waals surface area contributed by atoms with Gasteiger partial charge < -0.3 is 29.3 Å². The zero-order chi connectivity index (χ0) is 33.4. The van der Waals surface area contributed by atoms with Gasteiger partial charge in [-0.2, -0.15) is 0 Å². The Labute approximate surface area is 265 Å². The number of halogens is 3. The molecule has 0 radical (unpaired) electrons. The summed E-state index contributed by atoms with van der Waals surface area (Å²) in [5.41, 5.74) is 7.15. The van der Waals surface area contributed by atoms with E-state index < -0.39 is 34.5 Å². The molecule has 0 spiro atoms. The zero-order valence-electron chi connectivity index (χ0n) is 24.8. The Kier molecular flexibility index (Phi) is 6.95. The highest BCUT2D eigenvalue weighted by Crippen LogP contribution is 2.48. The van der Waals surface area contributed by atoms with Gasteiger partial charge in [-0.1, -0.05) is 6.07 Å². The summed E-state index contributed by atoms with van der Waals surface area (Å²) in [4.78, 5) is 20.7. The van der Waals surface area contributed by atoms with Crippen LogP contribution in [0.25, 0.3) is 39.4 Å². The van der Waals surface area contributed by atoms with Gasteiger partial charge in [-0.15, -0.1) is 8.78 Å². The number of ether oxygens (including phenoxy) is 2. The van der Waals surface area contributed by atoms with Crippen molar-refractivity contribution in [3.8, 4) is 50.9 Å². The largest absolute Gasteiger partial charge is 0.586 e. The number of carbonyl (C=O) groups excluding carboxylic acids is 1. The number of aliphatic hydroxyl groups excluding tert-OH is 1. The summed E-state index contributed by atoms with van der Waals surface area (Å²) < 4.78 is 85.1. The van der Waals surface area contributed by atoms with Crippen molar-refractivity contribution in [2.45, 2.75) is 43.5 Å². The third kappa shape index (κ3) is 5.50. The third-order valence-electron chi connectivity index (χ3n) is 7.93. The predicted octanol–water partition coefficient (Wildman–Crippen LogP) is 5.50. The third-order valence-corrected chi connectivity index (χ3v) is 9.09. The van der Waals surface area contributed by atoms with Gasteiger partial charge in [-0.3, -0.25) is 4.79 Å². The minimum atomic E-state index is -3.94. The molecule has 1 amide bonds. The fourth-order valence-electron chi connectivity index (χ4n) is 5.52. The molecule has 0 unspecified atom stereocenters. The molecule has 0 bridgehead atoms. The van der Waals surface area contributed by atoms with Crippen molar-refractivity contribution in [3.63, 3.8) is 0 Å². The number of carbonyl (C=O) groups is 1. The molecule has 3 N–H and O–H groups in total. The van der Waals surface area contributed by atoms with E-state index in [1.807, 2.05) is 0 Å². The number of aromatic nitrogens is 3. The molecule has 11 nitrogen and oxygen atoms in total. The molecule has 2 aromatic heterocycles. The summed E-state index contributed by atoms with van der Waals surface area (Å²) >= 11 is 0. The summed E-state index contributed by atoms with van der Waals surface area (Å²) in [5.74, 6) is -1.000. The molecule has 47 heavy (non-hydrogen) atoms. The average molecular weight is 667 g/mol. The highest BCUT2D eigenvalue weighted by molar-refractivity contribution is 7.90. The number of oxazole rings is 1. The van der Waals surface area contributed by atoms with Gasteiger partial charge in [0.15, 0.2) is 33.0 Å². The van der Waals surface area contributed by atoms with E-state index in [4.69, 9.17) is 15.1 Å². The molecule has 7 rings (SSSR count). The number of sulfone groups is 1. The number of nitrogens with two attached hydrogens (primary N) is 1. The number of primary amides is 1. The van der Waals surface area contributed by atoms with Crippen LogP contribution in [-0.2, 0) is 16.4 Å². The second kappa shape index (κ2) is 10.7. The molecule has 3 aromatic carbocycles. The average Bonchev–Trinajstić information content (AvgIpc) is 3.50. The maximum atomic E-state index is 15.2. The summed E-state index contributed by atoms with van der Waals surface area (Å²) in [6.45, 7) is 0.831. The van der Waals surface area contributed by atoms with Gasteiger partial charge in [-0.05, 0) is 73.4 Å². The van der Waals surface area contributed by atoms with Crippen LogP contribution < -0.4 is 15.2 Å². The van der Waals surface area contributed by atoms with Gasteiger partial charge in [0, 0.05) is 35.1 Å². The van der Waals surface area contributed by atoms with Crippen molar-refractivity contribution in [2.75, 3.05) is 6.26 Å². The number of imidazole rings is 1. The van der Waals surface area contributed by atoms with Crippen LogP contribution in [0.4, 0.5) is 13.2 Å². The lowest BCUT2D eigenvalue weighted by Crippen LogP contribution is -2.25. The Morgan fingerprint density at radius 3 is 2.43 bits per heavy atom. The molecule has 0 saturated heterocycles. The van der Waals surface area contributed by atoms with E-state index >= 15 is 4.39 Å². The first kappa shape index (κ1) is 30.5. The Morgan fingerprint density at radius 1 is 1.04 bits per heavy atom. The van der Waals surface area contributed by atoms with Gasteiger partial charge in [0.1, 0.15) is 23.0 Å². The number of amides is 1. The lowest BCUT2D eigenvalue weighted by molar-refractivity contribution is -0.286. The van der Waals surface area contributed by atoms with E-state index in [0.717, 1.165) is 25.2 Å². The fourth-order valence-corrected chi connectivity index (χ4v) is 6.47. The number of hydrogen-bond donors (Lipinski definition) is 2. The molecule has 2 aliphatic rings. The predicted molar refractivity (Wildman–Crippen MR) is 160 cm³/mol. The highest BCUT2D eigenvalue weighted by atomic mass is 32.2. The van der Waals surface area contributed by atoms with E-state index in [9.17, 15) is 27.1 Å². The maximum Gasteiger partial charge on any atom is 0.586 e. The van der Waals surface area contributed by atoms with E-state index in [0.29, 0.717) is 34.1 Å². The Hall–Kier alpha value is -5.15. The smallest absolute Gasteiger partial charge is 0.440 e. The second-order valence-electron chi connectivity index (χ2n) is 11.3. The monoisotopic (exact) mass is 666 g/mol. The number of rotatable bonds is 8. The molecule has 1 fully saturated rings. The highest BCUT2D eigenvalue weighted by Gasteiger charge is 2.43. The van der Waals surface area contributed by atoms with Crippen LogP contribution >= 0.6 is 0 Å². The second-order valence-corrected chi connectivity index (χ2v) is 13.3. The van der Waals surface area contributed by atoms with Gasteiger partial charge in [0.25, 0.3) is 5.91 Å². The number of fused-ring (bicyclic) bond motifs is 1. The number of aliphatic hydroxyl groups is 1. The quantitative estimate of drug-likeness (QED) is 0.218. The fraction of sp³-hybridized carbons (Fsp3) is 0.219. The van der Waals surface area contributed by atoms with Crippen molar-refractivity contribution in [1.82, 2.24) is 14.5 Å².